The van der Waals surface area contributed by atoms with Crippen molar-refractivity contribution in [3.05, 3.63) is 5.92 Å². The average molecular weight is 141 g/mol. The van der Waals surface area contributed by atoms with Crippen molar-refractivity contribution in [2.24, 2.45) is 17.4 Å². The zero-order valence-corrected chi connectivity index (χ0v) is 6.47. The second kappa shape index (κ2) is 3.94. The number of nitrogens with two attached hydrogens (primary N) is 2. The van der Waals surface area contributed by atoms with Crippen LogP contribution in [0.3, 0.4) is 0 Å². The predicted octanol–water partition coefficient (Wildman–Crippen LogP) is 0.668. The fraction of sp³-hybridized carbons (Fsp3) is 0.875. The average Bonchev–Trinajstić information content (AvgIpc) is 2.05. The van der Waals surface area contributed by atoms with E-state index in [0.717, 1.165) is 19.0 Å². The second-order valence-corrected chi connectivity index (χ2v) is 3.15. The molecular formula is C8H17N2. The molecule has 1 rings (SSSR count). The second-order valence-electron chi connectivity index (χ2n) is 3.15. The van der Waals surface area contributed by atoms with Crippen molar-refractivity contribution < 1.29 is 0 Å². The van der Waals surface area contributed by atoms with Gasteiger partial charge in [0, 0.05) is 0 Å². The molecule has 1 aliphatic rings. The summed E-state index contributed by atoms with van der Waals surface area (Å²) in [7, 11) is 0. The van der Waals surface area contributed by atoms with Crippen LogP contribution in [-0.4, -0.2) is 13.1 Å². The Labute approximate surface area is 63.0 Å². The molecule has 0 saturated heterocycles. The molecule has 1 saturated carbocycles. The summed E-state index contributed by atoms with van der Waals surface area (Å²) < 4.78 is 0. The van der Waals surface area contributed by atoms with Gasteiger partial charge in [-0.1, -0.05) is 6.42 Å². The van der Waals surface area contributed by atoms with E-state index in [9.17, 15) is 0 Å². The van der Waals surface area contributed by atoms with Gasteiger partial charge in [0.05, 0.1) is 0 Å². The van der Waals surface area contributed by atoms with E-state index in [1.54, 1.807) is 0 Å². The molecule has 1 radical (unpaired) electrons. The monoisotopic (exact) mass is 141 g/mol. The maximum atomic E-state index is 5.57. The lowest BCUT2D eigenvalue weighted by atomic mass is 9.81. The Morgan fingerprint density at radius 3 is 2.80 bits per heavy atom. The van der Waals surface area contributed by atoms with Crippen molar-refractivity contribution in [3.63, 3.8) is 0 Å². The van der Waals surface area contributed by atoms with Gasteiger partial charge in [-0.3, -0.25) is 0 Å². The molecule has 4 N–H and O–H groups in total. The molecule has 59 valence electrons. The van der Waals surface area contributed by atoms with E-state index in [1.807, 2.05) is 0 Å². The molecule has 1 fully saturated rings. The zero-order chi connectivity index (χ0) is 7.40. The molecule has 0 heterocycles. The Morgan fingerprint density at radius 2 is 2.20 bits per heavy atom. The first kappa shape index (κ1) is 8.02. The molecule has 0 aromatic heterocycles. The third-order valence-corrected chi connectivity index (χ3v) is 2.34. The molecule has 0 aromatic carbocycles. The van der Waals surface area contributed by atoms with Crippen LogP contribution >= 0.6 is 0 Å². The van der Waals surface area contributed by atoms with Crippen molar-refractivity contribution in [2.45, 2.75) is 25.7 Å². The van der Waals surface area contributed by atoms with Gasteiger partial charge in [-0.05, 0) is 44.2 Å². The fourth-order valence-corrected chi connectivity index (χ4v) is 1.64. The van der Waals surface area contributed by atoms with Gasteiger partial charge in [-0.2, -0.15) is 0 Å². The van der Waals surface area contributed by atoms with E-state index in [4.69, 9.17) is 11.5 Å². The van der Waals surface area contributed by atoms with Gasteiger partial charge in [0.1, 0.15) is 0 Å². The Kier molecular flexibility index (Phi) is 3.16. The van der Waals surface area contributed by atoms with Crippen molar-refractivity contribution >= 4 is 0 Å². The largest absolute Gasteiger partial charge is 0.330 e. The van der Waals surface area contributed by atoms with Gasteiger partial charge in [-0.15, -0.1) is 0 Å². The topological polar surface area (TPSA) is 52.0 Å². The minimum atomic E-state index is 0.729. The third-order valence-electron chi connectivity index (χ3n) is 2.34. The highest BCUT2D eigenvalue weighted by Crippen LogP contribution is 2.28. The van der Waals surface area contributed by atoms with Gasteiger partial charge in [0.25, 0.3) is 0 Å². The van der Waals surface area contributed by atoms with Crippen LogP contribution in [0.2, 0.25) is 0 Å². The lowest BCUT2D eigenvalue weighted by Gasteiger charge is -2.26. The number of rotatable bonds is 2. The quantitative estimate of drug-likeness (QED) is 0.594. The van der Waals surface area contributed by atoms with Gasteiger partial charge in [-0.25, -0.2) is 0 Å². The van der Waals surface area contributed by atoms with E-state index in [1.165, 1.54) is 31.6 Å². The summed E-state index contributed by atoms with van der Waals surface area (Å²) in [4.78, 5) is 0. The van der Waals surface area contributed by atoms with Crippen molar-refractivity contribution in [1.82, 2.24) is 0 Å². The van der Waals surface area contributed by atoms with E-state index >= 15 is 0 Å². The zero-order valence-electron chi connectivity index (χ0n) is 6.47. The molecule has 0 aromatic rings. The smallest absolute Gasteiger partial charge is 0.00146 e. The summed E-state index contributed by atoms with van der Waals surface area (Å²) in [6, 6.07) is 0. The van der Waals surface area contributed by atoms with Gasteiger partial charge >= 0.3 is 0 Å². The SMILES string of the molecule is NC[C]1CCCC(CN)C1. The number of hydrogen-bond donors (Lipinski definition) is 2. The molecule has 1 unspecified atom stereocenters. The molecule has 1 aliphatic carbocycles. The highest BCUT2D eigenvalue weighted by molar-refractivity contribution is 4.96. The lowest BCUT2D eigenvalue weighted by molar-refractivity contribution is 0.385. The van der Waals surface area contributed by atoms with Gasteiger partial charge in [0.2, 0.25) is 0 Å². The van der Waals surface area contributed by atoms with Gasteiger partial charge in [0.15, 0.2) is 0 Å². The Hall–Kier alpha value is -0.0800. The fourth-order valence-electron chi connectivity index (χ4n) is 1.64. The Bertz CT molecular complexity index is 83.3. The summed E-state index contributed by atoms with van der Waals surface area (Å²) in [6.07, 6.45) is 5.04. The molecule has 10 heavy (non-hydrogen) atoms. The molecule has 1 atom stereocenters. The van der Waals surface area contributed by atoms with Crippen molar-refractivity contribution in [2.75, 3.05) is 13.1 Å². The van der Waals surface area contributed by atoms with Crippen LogP contribution in [0.1, 0.15) is 25.7 Å². The van der Waals surface area contributed by atoms with E-state index in [2.05, 4.69) is 0 Å². The van der Waals surface area contributed by atoms with E-state index in [-0.39, 0.29) is 0 Å². The standard InChI is InChI=1S/C8H17N2/c9-5-7-2-1-3-8(4-7)6-10/h7H,1-6,9-10H2. The first-order valence-corrected chi connectivity index (χ1v) is 4.10. The number of hydrogen-bond acceptors (Lipinski definition) is 2. The highest BCUT2D eigenvalue weighted by Gasteiger charge is 2.19. The van der Waals surface area contributed by atoms with Crippen molar-refractivity contribution in [1.29, 1.82) is 0 Å². The first-order valence-electron chi connectivity index (χ1n) is 4.10. The summed E-state index contributed by atoms with van der Waals surface area (Å²) >= 11 is 0. The van der Waals surface area contributed by atoms with Crippen LogP contribution in [-0.2, 0) is 0 Å². The molecule has 2 nitrogen and oxygen atoms in total. The minimum absolute atomic E-state index is 0.729. The van der Waals surface area contributed by atoms with Crippen LogP contribution in [0.5, 0.6) is 0 Å². The summed E-state index contributed by atoms with van der Waals surface area (Å²) in [5.41, 5.74) is 11.1. The van der Waals surface area contributed by atoms with Gasteiger partial charge < -0.3 is 11.5 Å². The van der Waals surface area contributed by atoms with E-state index in [0.29, 0.717) is 0 Å². The lowest BCUT2D eigenvalue weighted by Crippen LogP contribution is -2.25. The summed E-state index contributed by atoms with van der Waals surface area (Å²) in [5.74, 6) is 2.24. The third kappa shape index (κ3) is 1.96. The molecular weight excluding hydrogens is 124 g/mol. The van der Waals surface area contributed by atoms with E-state index < -0.39 is 0 Å². The van der Waals surface area contributed by atoms with Crippen LogP contribution in [0.25, 0.3) is 0 Å². The van der Waals surface area contributed by atoms with Crippen LogP contribution < -0.4 is 11.5 Å². The van der Waals surface area contributed by atoms with Crippen LogP contribution in [0.15, 0.2) is 0 Å². The Balaban J connectivity index is 2.25. The summed E-state index contributed by atoms with van der Waals surface area (Å²) in [5, 5.41) is 0. The highest BCUT2D eigenvalue weighted by atomic mass is 14.6. The molecule has 0 amide bonds. The molecule has 0 spiro atoms. The molecule has 0 bridgehead atoms. The molecule has 2 heteroatoms. The van der Waals surface area contributed by atoms with Crippen LogP contribution in [0, 0.1) is 11.8 Å². The van der Waals surface area contributed by atoms with Crippen LogP contribution in [0.4, 0.5) is 0 Å². The first-order chi connectivity index (χ1) is 4.86. The van der Waals surface area contributed by atoms with Crippen molar-refractivity contribution in [3.8, 4) is 0 Å². The minimum Gasteiger partial charge on any atom is -0.330 e. The Morgan fingerprint density at radius 1 is 1.40 bits per heavy atom. The molecule has 0 aliphatic heterocycles. The normalized spacial score (nSPS) is 28.8. The maximum absolute atomic E-state index is 5.57. The maximum Gasteiger partial charge on any atom is -0.00146 e. The summed E-state index contributed by atoms with van der Waals surface area (Å²) in [6.45, 7) is 1.61. The predicted molar refractivity (Wildman–Crippen MR) is 43.3 cm³/mol.